The minimum atomic E-state index is -0.505. The average Bonchev–Trinajstić information content (AvgIpc) is 2.26. The zero-order chi connectivity index (χ0) is 15.3. The molecule has 1 aromatic carbocycles. The maximum absolute atomic E-state index is 11.8. The number of nitrogens with one attached hydrogen (secondary N) is 2. The highest BCUT2D eigenvalue weighted by Gasteiger charge is 2.20. The van der Waals surface area contributed by atoms with Gasteiger partial charge in [0.1, 0.15) is 0 Å². The minimum absolute atomic E-state index is 0.0238. The molecule has 0 aliphatic heterocycles. The van der Waals surface area contributed by atoms with Gasteiger partial charge in [-0.2, -0.15) is 0 Å². The Bertz CT molecular complexity index is 514. The summed E-state index contributed by atoms with van der Waals surface area (Å²) in [4.78, 5) is 22.1. The third-order valence-corrected chi connectivity index (χ3v) is 2.61. The van der Waals surface area contributed by atoms with E-state index in [9.17, 15) is 14.9 Å². The molecule has 7 nitrogen and oxygen atoms in total. The largest absolute Gasteiger partial charge is 0.382 e. The van der Waals surface area contributed by atoms with Crippen LogP contribution in [0.3, 0.4) is 0 Å². The molecule has 110 valence electrons. The van der Waals surface area contributed by atoms with Crippen molar-refractivity contribution >= 4 is 17.4 Å². The van der Waals surface area contributed by atoms with Crippen LogP contribution in [0.15, 0.2) is 18.2 Å². The Morgan fingerprint density at radius 3 is 2.60 bits per heavy atom. The van der Waals surface area contributed by atoms with E-state index in [1.165, 1.54) is 12.1 Å². The number of hydrogen-bond donors (Lipinski definition) is 2. The fraction of sp³-hybridized carbons (Fsp3) is 0.462. The zero-order valence-corrected chi connectivity index (χ0v) is 12.0. The lowest BCUT2D eigenvalue weighted by molar-refractivity contribution is -0.385. The van der Waals surface area contributed by atoms with Crippen molar-refractivity contribution in [2.75, 3.05) is 19.0 Å². The Morgan fingerprint density at radius 1 is 1.45 bits per heavy atom. The van der Waals surface area contributed by atoms with Gasteiger partial charge in [-0.15, -0.1) is 0 Å². The summed E-state index contributed by atoms with van der Waals surface area (Å²) in [6.45, 7) is 5.66. The first-order chi connectivity index (χ1) is 9.25. The number of urea groups is 1. The first kappa shape index (κ1) is 15.9. The highest BCUT2D eigenvalue weighted by atomic mass is 16.6. The van der Waals surface area contributed by atoms with Gasteiger partial charge in [-0.1, -0.05) is 0 Å². The molecule has 0 saturated heterocycles. The van der Waals surface area contributed by atoms with Crippen LogP contribution in [0, 0.1) is 17.0 Å². The molecule has 0 fully saturated rings. The number of carbonyl (C=O) groups is 1. The van der Waals surface area contributed by atoms with Crippen LogP contribution in [-0.2, 0) is 4.74 Å². The SMILES string of the molecule is COCC(C)(C)NC(=O)Nc1ccc([N+](=O)[O-])c(C)c1. The van der Waals surface area contributed by atoms with E-state index in [-0.39, 0.29) is 11.7 Å². The van der Waals surface area contributed by atoms with E-state index in [0.717, 1.165) is 0 Å². The quantitative estimate of drug-likeness (QED) is 0.640. The van der Waals surface area contributed by atoms with Crippen LogP contribution in [-0.4, -0.2) is 30.2 Å². The van der Waals surface area contributed by atoms with Crippen LogP contribution >= 0.6 is 0 Å². The molecule has 2 amide bonds. The highest BCUT2D eigenvalue weighted by molar-refractivity contribution is 5.90. The number of aryl methyl sites for hydroxylation is 1. The Kier molecular flexibility index (Phi) is 5.04. The van der Waals surface area contributed by atoms with Crippen LogP contribution in [0.5, 0.6) is 0 Å². The predicted octanol–water partition coefficient (Wildman–Crippen LogP) is 2.45. The van der Waals surface area contributed by atoms with Crippen molar-refractivity contribution in [3.05, 3.63) is 33.9 Å². The standard InChI is InChI=1S/C13H19N3O4/c1-9-7-10(5-6-11(9)16(18)19)14-12(17)15-13(2,3)8-20-4/h5-7H,8H2,1-4H3,(H2,14,15,17). The van der Waals surface area contributed by atoms with Crippen molar-refractivity contribution in [1.29, 1.82) is 0 Å². The molecular formula is C13H19N3O4. The van der Waals surface area contributed by atoms with E-state index in [1.807, 2.05) is 13.8 Å². The van der Waals surface area contributed by atoms with E-state index in [2.05, 4.69) is 10.6 Å². The molecule has 2 N–H and O–H groups in total. The number of nitro benzene ring substituents is 1. The molecule has 0 saturated carbocycles. The summed E-state index contributed by atoms with van der Waals surface area (Å²) in [6.07, 6.45) is 0. The van der Waals surface area contributed by atoms with Crippen molar-refractivity contribution in [2.45, 2.75) is 26.3 Å². The molecule has 0 bridgehead atoms. The van der Waals surface area contributed by atoms with Gasteiger partial charge in [0.05, 0.1) is 17.1 Å². The van der Waals surface area contributed by atoms with Crippen LogP contribution in [0.25, 0.3) is 0 Å². The van der Waals surface area contributed by atoms with Gasteiger partial charge in [-0.05, 0) is 32.9 Å². The second-order valence-electron chi connectivity index (χ2n) is 5.15. The summed E-state index contributed by atoms with van der Waals surface area (Å²) in [7, 11) is 1.56. The maximum atomic E-state index is 11.8. The number of benzene rings is 1. The smallest absolute Gasteiger partial charge is 0.319 e. The normalized spacial score (nSPS) is 11.0. The Hall–Kier alpha value is -2.15. The average molecular weight is 281 g/mol. The fourth-order valence-corrected chi connectivity index (χ4v) is 1.80. The van der Waals surface area contributed by atoms with Crippen molar-refractivity contribution in [3.8, 4) is 0 Å². The molecular weight excluding hydrogens is 262 g/mol. The minimum Gasteiger partial charge on any atom is -0.382 e. The summed E-state index contributed by atoms with van der Waals surface area (Å²) in [5.74, 6) is 0. The maximum Gasteiger partial charge on any atom is 0.319 e. The van der Waals surface area contributed by atoms with Gasteiger partial charge in [-0.25, -0.2) is 4.79 Å². The van der Waals surface area contributed by atoms with Crippen LogP contribution < -0.4 is 10.6 Å². The zero-order valence-electron chi connectivity index (χ0n) is 12.0. The van der Waals surface area contributed by atoms with Gasteiger partial charge in [0.2, 0.25) is 0 Å². The van der Waals surface area contributed by atoms with Crippen molar-refractivity contribution < 1.29 is 14.5 Å². The number of hydrogen-bond acceptors (Lipinski definition) is 4. The first-order valence-corrected chi connectivity index (χ1v) is 6.08. The third kappa shape index (κ3) is 4.51. The van der Waals surface area contributed by atoms with Crippen LogP contribution in [0.4, 0.5) is 16.2 Å². The number of carbonyl (C=O) groups excluding carboxylic acids is 1. The van der Waals surface area contributed by atoms with E-state index in [0.29, 0.717) is 17.9 Å². The predicted molar refractivity (Wildman–Crippen MR) is 75.9 cm³/mol. The molecule has 20 heavy (non-hydrogen) atoms. The molecule has 1 rings (SSSR count). The molecule has 0 aromatic heterocycles. The third-order valence-electron chi connectivity index (χ3n) is 2.61. The van der Waals surface area contributed by atoms with Crippen LogP contribution in [0.1, 0.15) is 19.4 Å². The van der Waals surface area contributed by atoms with Gasteiger partial charge >= 0.3 is 6.03 Å². The summed E-state index contributed by atoms with van der Waals surface area (Å²) < 4.78 is 5.00. The highest BCUT2D eigenvalue weighted by Crippen LogP contribution is 2.21. The molecule has 0 spiro atoms. The van der Waals surface area contributed by atoms with Gasteiger partial charge < -0.3 is 15.4 Å². The molecule has 0 heterocycles. The van der Waals surface area contributed by atoms with Gasteiger partial charge in [0.15, 0.2) is 0 Å². The van der Waals surface area contributed by atoms with Crippen molar-refractivity contribution in [2.24, 2.45) is 0 Å². The summed E-state index contributed by atoms with van der Waals surface area (Å²) in [6, 6.07) is 4.03. The Balaban J connectivity index is 2.72. The lowest BCUT2D eigenvalue weighted by Crippen LogP contribution is -2.48. The molecule has 0 radical (unpaired) electrons. The Morgan fingerprint density at radius 2 is 2.10 bits per heavy atom. The number of nitro groups is 1. The first-order valence-electron chi connectivity index (χ1n) is 6.08. The van der Waals surface area contributed by atoms with Gasteiger partial charge in [0.25, 0.3) is 5.69 Å². The fourth-order valence-electron chi connectivity index (χ4n) is 1.80. The second kappa shape index (κ2) is 6.33. The topological polar surface area (TPSA) is 93.5 Å². The summed E-state index contributed by atoms with van der Waals surface area (Å²) >= 11 is 0. The van der Waals surface area contributed by atoms with Gasteiger partial charge in [-0.3, -0.25) is 10.1 Å². The number of rotatable bonds is 5. The number of methoxy groups -OCH3 is 1. The molecule has 0 aliphatic rings. The Labute approximate surface area is 117 Å². The van der Waals surface area contributed by atoms with E-state index < -0.39 is 10.5 Å². The number of amides is 2. The lowest BCUT2D eigenvalue weighted by atomic mass is 10.1. The van der Waals surface area contributed by atoms with Crippen molar-refractivity contribution in [1.82, 2.24) is 5.32 Å². The number of ether oxygens (including phenoxy) is 1. The second-order valence-corrected chi connectivity index (χ2v) is 5.15. The van der Waals surface area contributed by atoms with Crippen LogP contribution in [0.2, 0.25) is 0 Å². The number of anilines is 1. The van der Waals surface area contributed by atoms with Gasteiger partial charge in [0, 0.05) is 24.4 Å². The van der Waals surface area contributed by atoms with E-state index in [1.54, 1.807) is 20.1 Å². The molecule has 0 atom stereocenters. The number of nitrogens with zero attached hydrogens (tertiary/aromatic N) is 1. The molecule has 7 heteroatoms. The lowest BCUT2D eigenvalue weighted by Gasteiger charge is -2.25. The van der Waals surface area contributed by atoms with E-state index >= 15 is 0 Å². The van der Waals surface area contributed by atoms with E-state index in [4.69, 9.17) is 4.74 Å². The summed E-state index contributed by atoms with van der Waals surface area (Å²) in [5, 5.41) is 16.1. The molecule has 1 aromatic rings. The molecule has 0 unspecified atom stereocenters. The monoisotopic (exact) mass is 281 g/mol. The molecule has 0 aliphatic carbocycles. The summed E-state index contributed by atoms with van der Waals surface area (Å²) in [5.41, 5.74) is 0.507. The van der Waals surface area contributed by atoms with Crippen molar-refractivity contribution in [3.63, 3.8) is 0 Å².